The molecule has 0 aliphatic heterocycles. The van der Waals surface area contributed by atoms with Crippen molar-refractivity contribution in [2.24, 2.45) is 17.5 Å². The second-order valence-electron chi connectivity index (χ2n) is 7.67. The van der Waals surface area contributed by atoms with Crippen LogP contribution in [0.15, 0.2) is 4.99 Å². The van der Waals surface area contributed by atoms with Crippen LogP contribution in [0.5, 0.6) is 0 Å². The summed E-state index contributed by atoms with van der Waals surface area (Å²) in [6, 6.07) is 0. The lowest BCUT2D eigenvalue weighted by atomic mass is 9.73. The molecule has 1 aromatic heterocycles. The van der Waals surface area contributed by atoms with E-state index in [2.05, 4.69) is 43.4 Å². The number of rotatable bonds is 7. The first-order chi connectivity index (χ1) is 12.4. The summed E-state index contributed by atoms with van der Waals surface area (Å²) in [4.78, 5) is 4.81. The molecule has 0 aromatic carbocycles. The van der Waals surface area contributed by atoms with E-state index in [0.29, 0.717) is 6.54 Å². The van der Waals surface area contributed by atoms with Gasteiger partial charge in [-0.2, -0.15) is 5.10 Å². The zero-order valence-electron chi connectivity index (χ0n) is 17.6. The highest BCUT2D eigenvalue weighted by Gasteiger charge is 2.35. The molecule has 2 atom stereocenters. The van der Waals surface area contributed by atoms with E-state index in [4.69, 9.17) is 4.99 Å². The molecule has 0 radical (unpaired) electrons. The third kappa shape index (κ3) is 6.07. The summed E-state index contributed by atoms with van der Waals surface area (Å²) in [6.07, 6.45) is 5.94. The molecule has 2 unspecified atom stereocenters. The van der Waals surface area contributed by atoms with E-state index in [-0.39, 0.29) is 35.5 Å². The Morgan fingerprint density at radius 2 is 2.00 bits per heavy atom. The molecule has 1 heterocycles. The summed E-state index contributed by atoms with van der Waals surface area (Å²) < 4.78 is 1.99. The molecular weight excluding hydrogens is 453 g/mol. The predicted molar refractivity (Wildman–Crippen MR) is 123 cm³/mol. The lowest BCUT2D eigenvalue weighted by molar-refractivity contribution is 0.00397. The average Bonchev–Trinajstić information content (AvgIpc) is 2.94. The van der Waals surface area contributed by atoms with Crippen molar-refractivity contribution in [3.05, 3.63) is 17.0 Å². The molecule has 0 spiro atoms. The van der Waals surface area contributed by atoms with Gasteiger partial charge in [0.05, 0.1) is 18.3 Å². The van der Waals surface area contributed by atoms with Gasteiger partial charge in [0.1, 0.15) is 0 Å². The van der Waals surface area contributed by atoms with Gasteiger partial charge in [0, 0.05) is 36.8 Å². The number of halogens is 1. The molecule has 3 N–H and O–H groups in total. The molecule has 7 heteroatoms. The van der Waals surface area contributed by atoms with Crippen molar-refractivity contribution < 1.29 is 5.11 Å². The highest BCUT2D eigenvalue weighted by Crippen LogP contribution is 2.35. The fraction of sp³-hybridized carbons (Fsp3) is 0.800. The van der Waals surface area contributed by atoms with E-state index in [1.165, 1.54) is 17.7 Å². The minimum Gasteiger partial charge on any atom is -0.392 e. The van der Waals surface area contributed by atoms with Gasteiger partial charge in [-0.05, 0) is 32.6 Å². The van der Waals surface area contributed by atoms with Crippen molar-refractivity contribution in [2.75, 3.05) is 13.1 Å². The van der Waals surface area contributed by atoms with Gasteiger partial charge >= 0.3 is 0 Å². The van der Waals surface area contributed by atoms with Gasteiger partial charge in [-0.25, -0.2) is 4.99 Å². The zero-order valence-corrected chi connectivity index (χ0v) is 20.0. The fourth-order valence-corrected chi connectivity index (χ4v) is 3.95. The molecule has 1 saturated carbocycles. The maximum Gasteiger partial charge on any atom is 0.191 e. The van der Waals surface area contributed by atoms with Crippen LogP contribution in [0, 0.1) is 5.41 Å². The van der Waals surface area contributed by atoms with Gasteiger partial charge in [-0.3, -0.25) is 4.68 Å². The van der Waals surface area contributed by atoms with Crippen LogP contribution in [0.3, 0.4) is 0 Å². The van der Waals surface area contributed by atoms with E-state index in [1.54, 1.807) is 0 Å². The molecule has 156 valence electrons. The highest BCUT2D eigenvalue weighted by atomic mass is 127. The van der Waals surface area contributed by atoms with Crippen LogP contribution >= 0.6 is 24.0 Å². The summed E-state index contributed by atoms with van der Waals surface area (Å²) in [6.45, 7) is 10.8. The number of guanidine groups is 1. The molecule has 1 aromatic rings. The van der Waals surface area contributed by atoms with Gasteiger partial charge in [0.2, 0.25) is 0 Å². The SMILES string of the molecule is CCNC(=NCc1c(CC)nn(C)c1CC)NCC1(C)CCCCC1O.I. The Labute approximate surface area is 181 Å². The first-order valence-electron chi connectivity index (χ1n) is 10.2. The maximum absolute atomic E-state index is 10.4. The Bertz CT molecular complexity index is 616. The van der Waals surface area contributed by atoms with Crippen LogP contribution in [-0.4, -0.2) is 40.0 Å². The summed E-state index contributed by atoms with van der Waals surface area (Å²) in [5.74, 6) is 0.819. The van der Waals surface area contributed by atoms with Crippen molar-refractivity contribution in [1.29, 1.82) is 0 Å². The topological polar surface area (TPSA) is 74.5 Å². The lowest BCUT2D eigenvalue weighted by Crippen LogP contribution is -2.48. The van der Waals surface area contributed by atoms with Gasteiger partial charge in [0.25, 0.3) is 0 Å². The van der Waals surface area contributed by atoms with E-state index in [9.17, 15) is 5.11 Å². The molecular formula is C20H38IN5O. The number of aromatic nitrogens is 2. The van der Waals surface area contributed by atoms with Gasteiger partial charge in [-0.15, -0.1) is 24.0 Å². The summed E-state index contributed by atoms with van der Waals surface area (Å²) in [5, 5.41) is 21.8. The van der Waals surface area contributed by atoms with Gasteiger partial charge < -0.3 is 15.7 Å². The molecule has 6 nitrogen and oxygen atoms in total. The third-order valence-electron chi connectivity index (χ3n) is 5.71. The van der Waals surface area contributed by atoms with E-state index >= 15 is 0 Å². The van der Waals surface area contributed by atoms with Crippen LogP contribution in [0.25, 0.3) is 0 Å². The van der Waals surface area contributed by atoms with Crippen LogP contribution in [0.2, 0.25) is 0 Å². The number of aliphatic hydroxyl groups excluding tert-OH is 1. The molecule has 0 amide bonds. The first-order valence-corrected chi connectivity index (χ1v) is 10.2. The number of hydrogen-bond donors (Lipinski definition) is 3. The van der Waals surface area contributed by atoms with Crippen LogP contribution in [0.1, 0.15) is 70.3 Å². The van der Waals surface area contributed by atoms with E-state index in [0.717, 1.165) is 56.8 Å². The Kier molecular flexibility index (Phi) is 10.1. The molecule has 2 rings (SSSR count). The molecule has 1 aliphatic rings. The number of aryl methyl sites for hydroxylation is 2. The van der Waals surface area contributed by atoms with Crippen molar-refractivity contribution in [2.45, 2.75) is 78.9 Å². The standard InChI is InChI=1S/C20H37N5O.HI/c1-6-16-15(17(7-2)25(5)24-16)13-22-19(21-8-3)23-14-20(4)12-10-9-11-18(20)26;/h18,26H,6-14H2,1-5H3,(H2,21,22,23);1H. The monoisotopic (exact) mass is 491 g/mol. The summed E-state index contributed by atoms with van der Waals surface area (Å²) in [7, 11) is 2.01. The number of hydrogen-bond acceptors (Lipinski definition) is 3. The normalized spacial score (nSPS) is 23.0. The van der Waals surface area contributed by atoms with Crippen molar-refractivity contribution in [3.8, 4) is 0 Å². The quantitative estimate of drug-likeness (QED) is 0.311. The maximum atomic E-state index is 10.4. The fourth-order valence-electron chi connectivity index (χ4n) is 3.95. The van der Waals surface area contributed by atoms with Gasteiger partial charge in [0.15, 0.2) is 5.96 Å². The number of nitrogens with one attached hydrogen (secondary N) is 2. The second kappa shape index (κ2) is 11.2. The number of nitrogens with zero attached hydrogens (tertiary/aromatic N) is 3. The van der Waals surface area contributed by atoms with E-state index in [1.807, 2.05) is 11.7 Å². The third-order valence-corrected chi connectivity index (χ3v) is 5.71. The molecule has 0 saturated heterocycles. The predicted octanol–water partition coefficient (Wildman–Crippen LogP) is 3.16. The minimum atomic E-state index is -0.233. The summed E-state index contributed by atoms with van der Waals surface area (Å²) >= 11 is 0. The van der Waals surface area contributed by atoms with Crippen LogP contribution < -0.4 is 10.6 Å². The Balaban J connectivity index is 0.00000364. The van der Waals surface area contributed by atoms with Crippen molar-refractivity contribution >= 4 is 29.9 Å². The Morgan fingerprint density at radius 1 is 1.26 bits per heavy atom. The zero-order chi connectivity index (χ0) is 19.2. The Morgan fingerprint density at radius 3 is 2.59 bits per heavy atom. The largest absolute Gasteiger partial charge is 0.392 e. The van der Waals surface area contributed by atoms with E-state index < -0.39 is 0 Å². The van der Waals surface area contributed by atoms with Crippen molar-refractivity contribution in [3.63, 3.8) is 0 Å². The van der Waals surface area contributed by atoms with Crippen LogP contribution in [-0.2, 0) is 26.4 Å². The smallest absolute Gasteiger partial charge is 0.191 e. The van der Waals surface area contributed by atoms with Crippen molar-refractivity contribution in [1.82, 2.24) is 20.4 Å². The minimum absolute atomic E-state index is 0. The first kappa shape index (κ1) is 24.2. The van der Waals surface area contributed by atoms with Gasteiger partial charge in [-0.1, -0.05) is 33.6 Å². The molecule has 27 heavy (non-hydrogen) atoms. The lowest BCUT2D eigenvalue weighted by Gasteiger charge is -2.38. The number of aliphatic imine (C=N–C) groups is 1. The molecule has 1 fully saturated rings. The second-order valence-corrected chi connectivity index (χ2v) is 7.67. The Hall–Kier alpha value is -0.830. The molecule has 1 aliphatic carbocycles. The summed E-state index contributed by atoms with van der Waals surface area (Å²) in [5.41, 5.74) is 3.57. The average molecular weight is 491 g/mol. The van der Waals surface area contributed by atoms with Crippen LogP contribution in [0.4, 0.5) is 0 Å². The highest BCUT2D eigenvalue weighted by molar-refractivity contribution is 14.0. The molecule has 0 bridgehead atoms. The number of aliphatic hydroxyl groups is 1.